The maximum Gasteiger partial charge on any atom is 0.330 e. The molecule has 0 aliphatic rings. The molecule has 0 atom stereocenters. The number of aliphatic carboxylic acids is 1. The summed E-state index contributed by atoms with van der Waals surface area (Å²) in [6.07, 6.45) is 10.4. The van der Waals surface area contributed by atoms with E-state index in [4.69, 9.17) is 10.8 Å². The molecule has 3 N–H and O–H groups in total. The van der Waals surface area contributed by atoms with Gasteiger partial charge in [-0.15, -0.1) is 0 Å². The molecule has 0 bridgehead atoms. The van der Waals surface area contributed by atoms with Crippen molar-refractivity contribution in [3.05, 3.63) is 11.6 Å². The normalized spacial score (nSPS) is 11.8. The number of hydrogen-bond donors (Lipinski definition) is 2. The molecule has 0 rings (SSSR count). The van der Waals surface area contributed by atoms with E-state index >= 15 is 0 Å². The summed E-state index contributed by atoms with van der Waals surface area (Å²) < 4.78 is 0. The first kappa shape index (κ1) is 20.5. The van der Waals surface area contributed by atoms with Gasteiger partial charge in [0.1, 0.15) is 0 Å². The lowest BCUT2D eigenvalue weighted by atomic mass is 9.98. The highest BCUT2D eigenvalue weighted by Gasteiger charge is 2.08. The lowest BCUT2D eigenvalue weighted by molar-refractivity contribution is -0.132. The molecule has 114 valence electrons. The second-order valence-corrected chi connectivity index (χ2v) is 5.75. The Hall–Kier alpha value is -0.830. The Balaban J connectivity index is 0. The highest BCUT2D eigenvalue weighted by atomic mass is 16.4. The highest BCUT2D eigenvalue weighted by molar-refractivity contribution is 5.85. The van der Waals surface area contributed by atoms with E-state index in [-0.39, 0.29) is 5.54 Å². The molecular formula is C16H33NO2. The van der Waals surface area contributed by atoms with E-state index in [1.165, 1.54) is 32.1 Å². The first-order chi connectivity index (χ1) is 8.74. The van der Waals surface area contributed by atoms with Crippen molar-refractivity contribution in [3.8, 4) is 0 Å². The number of nitrogens with two attached hydrogens (primary N) is 1. The molecule has 0 saturated heterocycles. The van der Waals surface area contributed by atoms with Gasteiger partial charge >= 0.3 is 5.97 Å². The molecule has 0 spiro atoms. The molecular weight excluding hydrogens is 238 g/mol. The van der Waals surface area contributed by atoms with E-state index in [0.29, 0.717) is 5.57 Å². The number of rotatable bonds is 8. The maximum atomic E-state index is 10.0. The van der Waals surface area contributed by atoms with Crippen molar-refractivity contribution in [1.82, 2.24) is 0 Å². The lowest BCUT2D eigenvalue weighted by Crippen LogP contribution is -2.31. The molecule has 0 aromatic rings. The topological polar surface area (TPSA) is 63.3 Å². The molecule has 3 nitrogen and oxygen atoms in total. The Morgan fingerprint density at radius 1 is 1.16 bits per heavy atom. The van der Waals surface area contributed by atoms with Gasteiger partial charge in [0.15, 0.2) is 0 Å². The van der Waals surface area contributed by atoms with Gasteiger partial charge in [0.25, 0.3) is 0 Å². The van der Waals surface area contributed by atoms with Gasteiger partial charge in [-0.3, -0.25) is 0 Å². The summed E-state index contributed by atoms with van der Waals surface area (Å²) in [4.78, 5) is 10.0. The van der Waals surface area contributed by atoms with Crippen molar-refractivity contribution in [1.29, 1.82) is 0 Å². The zero-order valence-electron chi connectivity index (χ0n) is 13.5. The van der Waals surface area contributed by atoms with E-state index in [0.717, 1.165) is 12.8 Å². The Kier molecular flexibility index (Phi) is 13.2. The summed E-state index contributed by atoms with van der Waals surface area (Å²) in [7, 11) is 0. The summed E-state index contributed by atoms with van der Waals surface area (Å²) in [6, 6.07) is 0. The molecule has 19 heavy (non-hydrogen) atoms. The highest BCUT2D eigenvalue weighted by Crippen LogP contribution is 2.11. The molecule has 0 aliphatic carbocycles. The maximum absolute atomic E-state index is 10.0. The van der Waals surface area contributed by atoms with Gasteiger partial charge in [0, 0.05) is 11.1 Å². The summed E-state index contributed by atoms with van der Waals surface area (Å²) in [6.45, 7) is 9.95. The molecule has 0 fully saturated rings. The molecule has 3 heteroatoms. The van der Waals surface area contributed by atoms with Crippen LogP contribution in [0.2, 0.25) is 0 Å². The zero-order valence-corrected chi connectivity index (χ0v) is 13.5. The van der Waals surface area contributed by atoms with Crippen LogP contribution in [0, 0.1) is 0 Å². The minimum Gasteiger partial charge on any atom is -0.478 e. The van der Waals surface area contributed by atoms with Crippen LogP contribution in [0.1, 0.15) is 79.6 Å². The zero-order chi connectivity index (χ0) is 15.3. The largest absolute Gasteiger partial charge is 0.478 e. The third kappa shape index (κ3) is 19.7. The van der Waals surface area contributed by atoms with E-state index in [1.807, 2.05) is 6.92 Å². The minimum atomic E-state index is -0.827. The van der Waals surface area contributed by atoms with Crippen LogP contribution < -0.4 is 5.73 Å². The van der Waals surface area contributed by atoms with Crippen LogP contribution in [0.4, 0.5) is 0 Å². The Morgan fingerprint density at radius 2 is 1.68 bits per heavy atom. The first-order valence-corrected chi connectivity index (χ1v) is 7.43. The Morgan fingerprint density at radius 3 is 2.00 bits per heavy atom. The molecule has 0 unspecified atom stereocenters. The van der Waals surface area contributed by atoms with Gasteiger partial charge in [-0.2, -0.15) is 0 Å². The quantitative estimate of drug-likeness (QED) is 0.504. The molecule has 0 aromatic carbocycles. The van der Waals surface area contributed by atoms with Crippen LogP contribution in [0.3, 0.4) is 0 Å². The van der Waals surface area contributed by atoms with Gasteiger partial charge in [-0.25, -0.2) is 4.79 Å². The Bertz CT molecular complexity index is 252. The second kappa shape index (κ2) is 12.2. The van der Waals surface area contributed by atoms with Crippen LogP contribution in [-0.2, 0) is 4.79 Å². The second-order valence-electron chi connectivity index (χ2n) is 5.75. The van der Waals surface area contributed by atoms with Gasteiger partial charge < -0.3 is 10.8 Å². The van der Waals surface area contributed by atoms with Crippen LogP contribution in [0.15, 0.2) is 11.6 Å². The SMILES string of the molecule is CCC=C(C)C(=O)O.CCCCCCCC(C)(C)N. The predicted molar refractivity (Wildman–Crippen MR) is 83.3 cm³/mol. The number of carboxylic acid groups (broad SMARTS) is 1. The van der Waals surface area contributed by atoms with Crippen molar-refractivity contribution in [2.75, 3.05) is 0 Å². The molecule has 0 aliphatic heterocycles. The molecule has 0 aromatic heterocycles. The first-order valence-electron chi connectivity index (χ1n) is 7.43. The smallest absolute Gasteiger partial charge is 0.330 e. The monoisotopic (exact) mass is 271 g/mol. The van der Waals surface area contributed by atoms with Crippen LogP contribution in [0.5, 0.6) is 0 Å². The molecule has 0 heterocycles. The average Bonchev–Trinajstić information content (AvgIpc) is 2.28. The van der Waals surface area contributed by atoms with E-state index in [2.05, 4.69) is 20.8 Å². The molecule has 0 saturated carbocycles. The standard InChI is InChI=1S/C10H23N.C6H10O2/c1-4-5-6-7-8-9-10(2,3)11;1-3-4-5(2)6(7)8/h4-9,11H2,1-3H3;4H,3H2,1-2H3,(H,7,8). The van der Waals surface area contributed by atoms with Crippen molar-refractivity contribution in [3.63, 3.8) is 0 Å². The average molecular weight is 271 g/mol. The number of hydrogen-bond acceptors (Lipinski definition) is 2. The number of allylic oxidation sites excluding steroid dienone is 1. The fourth-order valence-corrected chi connectivity index (χ4v) is 1.58. The van der Waals surface area contributed by atoms with Crippen LogP contribution in [0.25, 0.3) is 0 Å². The van der Waals surface area contributed by atoms with Gasteiger partial charge in [0.05, 0.1) is 0 Å². The van der Waals surface area contributed by atoms with Gasteiger partial charge in [-0.05, 0) is 33.6 Å². The lowest BCUT2D eigenvalue weighted by Gasteiger charge is -2.17. The summed E-state index contributed by atoms with van der Waals surface area (Å²) in [5.41, 5.74) is 6.32. The predicted octanol–water partition coefficient (Wildman–Crippen LogP) is 4.51. The minimum absolute atomic E-state index is 0.0478. The fraction of sp³-hybridized carbons (Fsp3) is 0.812. The van der Waals surface area contributed by atoms with Crippen molar-refractivity contribution >= 4 is 5.97 Å². The molecule has 0 radical (unpaired) electrons. The van der Waals surface area contributed by atoms with Crippen molar-refractivity contribution in [2.45, 2.75) is 85.1 Å². The van der Waals surface area contributed by atoms with Crippen molar-refractivity contribution in [2.24, 2.45) is 5.73 Å². The summed E-state index contributed by atoms with van der Waals surface area (Å²) in [5, 5.41) is 8.24. The van der Waals surface area contributed by atoms with E-state index in [1.54, 1.807) is 13.0 Å². The van der Waals surface area contributed by atoms with Gasteiger partial charge in [0.2, 0.25) is 0 Å². The van der Waals surface area contributed by atoms with Crippen LogP contribution >= 0.6 is 0 Å². The third-order valence-corrected chi connectivity index (χ3v) is 2.77. The van der Waals surface area contributed by atoms with Crippen LogP contribution in [-0.4, -0.2) is 16.6 Å². The molecule has 0 amide bonds. The number of unbranched alkanes of at least 4 members (excludes halogenated alkanes) is 4. The number of carboxylic acids is 1. The summed E-state index contributed by atoms with van der Waals surface area (Å²) in [5.74, 6) is -0.827. The summed E-state index contributed by atoms with van der Waals surface area (Å²) >= 11 is 0. The third-order valence-electron chi connectivity index (χ3n) is 2.77. The van der Waals surface area contributed by atoms with Gasteiger partial charge in [-0.1, -0.05) is 52.0 Å². The van der Waals surface area contributed by atoms with E-state index in [9.17, 15) is 4.79 Å². The number of carbonyl (C=O) groups is 1. The Labute approximate surface area is 119 Å². The van der Waals surface area contributed by atoms with E-state index < -0.39 is 5.97 Å². The fourth-order valence-electron chi connectivity index (χ4n) is 1.58. The van der Waals surface area contributed by atoms with Crippen molar-refractivity contribution < 1.29 is 9.90 Å².